The SMILES string of the molecule is COc1ccc(NC(=O)Cn2cc(NC(=O)C3CCCCCC3)cn2)cc1. The van der Waals surface area contributed by atoms with E-state index in [1.807, 2.05) is 0 Å². The van der Waals surface area contributed by atoms with Crippen molar-refractivity contribution in [3.8, 4) is 5.75 Å². The smallest absolute Gasteiger partial charge is 0.246 e. The Hall–Kier alpha value is -2.83. The average molecular weight is 370 g/mol. The van der Waals surface area contributed by atoms with E-state index < -0.39 is 0 Å². The van der Waals surface area contributed by atoms with Crippen molar-refractivity contribution in [3.63, 3.8) is 0 Å². The third-order valence-corrected chi connectivity index (χ3v) is 4.81. The van der Waals surface area contributed by atoms with Gasteiger partial charge in [0.05, 0.1) is 19.0 Å². The van der Waals surface area contributed by atoms with E-state index in [2.05, 4.69) is 15.7 Å². The van der Waals surface area contributed by atoms with Gasteiger partial charge in [0.25, 0.3) is 0 Å². The molecule has 2 amide bonds. The van der Waals surface area contributed by atoms with Crippen LogP contribution in [0.3, 0.4) is 0 Å². The number of carbonyl (C=O) groups is 2. The first-order valence-corrected chi connectivity index (χ1v) is 9.41. The maximum Gasteiger partial charge on any atom is 0.246 e. The molecule has 0 atom stereocenters. The Morgan fingerprint density at radius 1 is 1.07 bits per heavy atom. The molecule has 0 bridgehead atoms. The van der Waals surface area contributed by atoms with Gasteiger partial charge in [-0.2, -0.15) is 5.10 Å². The molecule has 2 N–H and O–H groups in total. The fourth-order valence-corrected chi connectivity index (χ4v) is 3.32. The van der Waals surface area contributed by atoms with Crippen LogP contribution in [0.1, 0.15) is 38.5 Å². The average Bonchev–Trinajstić information content (AvgIpc) is 2.93. The highest BCUT2D eigenvalue weighted by Crippen LogP contribution is 2.24. The molecule has 0 unspecified atom stereocenters. The lowest BCUT2D eigenvalue weighted by molar-refractivity contribution is -0.120. The van der Waals surface area contributed by atoms with Crippen LogP contribution in [0.2, 0.25) is 0 Å². The number of aromatic nitrogens is 2. The summed E-state index contributed by atoms with van der Waals surface area (Å²) in [5.41, 5.74) is 1.32. The van der Waals surface area contributed by atoms with Crippen molar-refractivity contribution < 1.29 is 14.3 Å². The Kier molecular flexibility index (Phi) is 6.46. The van der Waals surface area contributed by atoms with Gasteiger partial charge in [-0.15, -0.1) is 0 Å². The van der Waals surface area contributed by atoms with E-state index in [1.54, 1.807) is 43.8 Å². The Bertz CT molecular complexity index is 762. The highest BCUT2D eigenvalue weighted by Gasteiger charge is 2.20. The molecular weight excluding hydrogens is 344 g/mol. The van der Waals surface area contributed by atoms with Crippen LogP contribution in [0.5, 0.6) is 5.75 Å². The van der Waals surface area contributed by atoms with E-state index in [4.69, 9.17) is 4.74 Å². The molecule has 1 aromatic heterocycles. The predicted octanol–water partition coefficient (Wildman–Crippen LogP) is 3.44. The van der Waals surface area contributed by atoms with Crippen molar-refractivity contribution in [2.75, 3.05) is 17.7 Å². The Balaban J connectivity index is 1.50. The monoisotopic (exact) mass is 370 g/mol. The van der Waals surface area contributed by atoms with Gasteiger partial charge in [-0.3, -0.25) is 14.3 Å². The maximum atomic E-state index is 12.4. The summed E-state index contributed by atoms with van der Waals surface area (Å²) in [6.45, 7) is 0.0747. The van der Waals surface area contributed by atoms with E-state index in [1.165, 1.54) is 17.5 Å². The second-order valence-corrected chi connectivity index (χ2v) is 6.88. The third-order valence-electron chi connectivity index (χ3n) is 4.81. The van der Waals surface area contributed by atoms with Gasteiger partial charge in [-0.1, -0.05) is 25.7 Å². The van der Waals surface area contributed by atoms with Crippen LogP contribution in [0, 0.1) is 5.92 Å². The van der Waals surface area contributed by atoms with Gasteiger partial charge < -0.3 is 15.4 Å². The summed E-state index contributed by atoms with van der Waals surface area (Å²) in [6, 6.07) is 7.12. The van der Waals surface area contributed by atoms with E-state index in [9.17, 15) is 9.59 Å². The number of carbonyl (C=O) groups excluding carboxylic acids is 2. The van der Waals surface area contributed by atoms with Gasteiger partial charge in [-0.05, 0) is 37.1 Å². The number of nitrogens with zero attached hydrogens (tertiary/aromatic N) is 2. The summed E-state index contributed by atoms with van der Waals surface area (Å²) >= 11 is 0. The van der Waals surface area contributed by atoms with Crippen molar-refractivity contribution in [1.82, 2.24) is 9.78 Å². The molecule has 0 spiro atoms. The number of nitrogens with one attached hydrogen (secondary N) is 2. The molecule has 144 valence electrons. The van der Waals surface area contributed by atoms with Crippen LogP contribution >= 0.6 is 0 Å². The van der Waals surface area contributed by atoms with Gasteiger partial charge in [-0.25, -0.2) is 0 Å². The fourth-order valence-electron chi connectivity index (χ4n) is 3.32. The number of methoxy groups -OCH3 is 1. The number of hydrogen-bond acceptors (Lipinski definition) is 4. The van der Waals surface area contributed by atoms with Crippen LogP contribution in [-0.4, -0.2) is 28.7 Å². The van der Waals surface area contributed by atoms with Gasteiger partial charge in [0.1, 0.15) is 12.3 Å². The van der Waals surface area contributed by atoms with E-state index in [-0.39, 0.29) is 24.3 Å². The minimum Gasteiger partial charge on any atom is -0.497 e. The molecule has 27 heavy (non-hydrogen) atoms. The first kappa shape index (κ1) is 18.9. The Morgan fingerprint density at radius 3 is 2.44 bits per heavy atom. The first-order valence-electron chi connectivity index (χ1n) is 9.41. The molecule has 1 fully saturated rings. The van der Waals surface area contributed by atoms with Gasteiger partial charge in [0.15, 0.2) is 0 Å². The van der Waals surface area contributed by atoms with E-state index in [0.717, 1.165) is 31.4 Å². The highest BCUT2D eigenvalue weighted by molar-refractivity contribution is 5.92. The second-order valence-electron chi connectivity index (χ2n) is 6.88. The van der Waals surface area contributed by atoms with Crippen LogP contribution in [-0.2, 0) is 16.1 Å². The number of ether oxygens (including phenoxy) is 1. The third kappa shape index (κ3) is 5.57. The Labute approximate surface area is 159 Å². The number of amides is 2. The number of benzene rings is 1. The lowest BCUT2D eigenvalue weighted by Gasteiger charge is -2.12. The molecule has 1 aliphatic rings. The molecule has 7 heteroatoms. The molecule has 0 aliphatic heterocycles. The molecule has 2 aromatic rings. The van der Waals surface area contributed by atoms with Crippen molar-refractivity contribution in [2.24, 2.45) is 5.92 Å². The molecule has 3 rings (SSSR count). The summed E-state index contributed by atoms with van der Waals surface area (Å²) in [5, 5.41) is 9.90. The second kappa shape index (κ2) is 9.21. The normalized spacial score (nSPS) is 15.0. The number of anilines is 2. The minimum absolute atomic E-state index is 0.0548. The molecule has 1 saturated carbocycles. The zero-order valence-electron chi connectivity index (χ0n) is 15.6. The maximum absolute atomic E-state index is 12.4. The van der Waals surface area contributed by atoms with Crippen molar-refractivity contribution in [2.45, 2.75) is 45.1 Å². The van der Waals surface area contributed by atoms with Crippen molar-refractivity contribution in [3.05, 3.63) is 36.7 Å². The number of rotatable bonds is 6. The fraction of sp³-hybridized carbons (Fsp3) is 0.450. The van der Waals surface area contributed by atoms with Gasteiger partial charge in [0.2, 0.25) is 11.8 Å². The topological polar surface area (TPSA) is 85.2 Å². The van der Waals surface area contributed by atoms with Crippen LogP contribution in [0.15, 0.2) is 36.7 Å². The first-order chi connectivity index (χ1) is 13.1. The standard InChI is InChI=1S/C20H26N4O3/c1-27-18-10-8-16(9-11-18)22-19(25)14-24-13-17(12-21-24)23-20(26)15-6-4-2-3-5-7-15/h8-13,15H,2-7,14H2,1H3,(H,22,25)(H,23,26). The molecule has 1 aromatic carbocycles. The van der Waals surface area contributed by atoms with Crippen LogP contribution in [0.25, 0.3) is 0 Å². The van der Waals surface area contributed by atoms with Gasteiger partial charge >= 0.3 is 0 Å². The van der Waals surface area contributed by atoms with Crippen LogP contribution in [0.4, 0.5) is 11.4 Å². The van der Waals surface area contributed by atoms with Gasteiger partial charge in [0, 0.05) is 17.8 Å². The summed E-state index contributed by atoms with van der Waals surface area (Å²) in [4.78, 5) is 24.6. The van der Waals surface area contributed by atoms with E-state index >= 15 is 0 Å². The highest BCUT2D eigenvalue weighted by atomic mass is 16.5. The molecule has 1 heterocycles. The zero-order chi connectivity index (χ0) is 19.1. The molecule has 0 saturated heterocycles. The Morgan fingerprint density at radius 2 is 1.78 bits per heavy atom. The minimum atomic E-state index is -0.190. The quantitative estimate of drug-likeness (QED) is 0.763. The lowest BCUT2D eigenvalue weighted by Crippen LogP contribution is -2.22. The summed E-state index contributed by atoms with van der Waals surface area (Å²) in [6.07, 6.45) is 9.81. The van der Waals surface area contributed by atoms with E-state index in [0.29, 0.717) is 11.4 Å². The number of hydrogen-bond donors (Lipinski definition) is 2. The summed E-state index contributed by atoms with van der Waals surface area (Å²) < 4.78 is 6.61. The largest absolute Gasteiger partial charge is 0.497 e. The summed E-state index contributed by atoms with van der Waals surface area (Å²) in [5.74, 6) is 0.674. The molecule has 7 nitrogen and oxygen atoms in total. The summed E-state index contributed by atoms with van der Waals surface area (Å²) in [7, 11) is 1.59. The molecule has 1 aliphatic carbocycles. The van der Waals surface area contributed by atoms with Crippen molar-refractivity contribution >= 4 is 23.2 Å². The predicted molar refractivity (Wildman–Crippen MR) is 104 cm³/mol. The molecule has 0 radical (unpaired) electrons. The lowest BCUT2D eigenvalue weighted by atomic mass is 9.99. The zero-order valence-corrected chi connectivity index (χ0v) is 15.6. The molecular formula is C20H26N4O3. The van der Waals surface area contributed by atoms with Crippen molar-refractivity contribution in [1.29, 1.82) is 0 Å². The van der Waals surface area contributed by atoms with Crippen LogP contribution < -0.4 is 15.4 Å².